The Morgan fingerprint density at radius 3 is 2.32 bits per heavy atom. The van der Waals surface area contributed by atoms with Crippen molar-refractivity contribution in [2.24, 2.45) is 0 Å². The first kappa shape index (κ1) is 13.3. The maximum absolute atomic E-state index is 11.5. The smallest absolute Gasteiger partial charge is 0.465 e. The van der Waals surface area contributed by atoms with Crippen molar-refractivity contribution in [2.45, 2.75) is 0 Å². The molecule has 0 aromatic heterocycles. The highest BCUT2D eigenvalue weighted by Gasteiger charge is 2.11. The molecule has 0 aliphatic carbocycles. The summed E-state index contributed by atoms with van der Waals surface area (Å²) in [5.74, 6) is -0.385. The first-order valence-corrected chi connectivity index (χ1v) is 5.76. The fourth-order valence-electron chi connectivity index (χ4n) is 1.79. The average molecular weight is 256 g/mol. The number of methoxy groups -OCH3 is 1. The number of hydrogen-bond acceptors (Lipinski definition) is 4. The molecule has 0 radical (unpaired) electrons. The number of carbonyl (C=O) groups is 1. The number of hydrogen-bond donors (Lipinski definition) is 2. The van der Waals surface area contributed by atoms with Gasteiger partial charge in [-0.1, -0.05) is 36.4 Å². The molecule has 19 heavy (non-hydrogen) atoms. The van der Waals surface area contributed by atoms with Crippen LogP contribution in [0.25, 0.3) is 11.1 Å². The summed E-state index contributed by atoms with van der Waals surface area (Å²) in [4.78, 5) is 11.5. The van der Waals surface area contributed by atoms with Gasteiger partial charge in [0.25, 0.3) is 0 Å². The van der Waals surface area contributed by atoms with Gasteiger partial charge < -0.3 is 14.8 Å². The third kappa shape index (κ3) is 3.02. The second-order valence-electron chi connectivity index (χ2n) is 4.07. The molecule has 2 rings (SSSR count). The van der Waals surface area contributed by atoms with Crippen LogP contribution < -0.4 is 5.46 Å². The highest BCUT2D eigenvalue weighted by molar-refractivity contribution is 6.58. The molecule has 4 nitrogen and oxygen atoms in total. The van der Waals surface area contributed by atoms with Crippen molar-refractivity contribution in [3.63, 3.8) is 0 Å². The minimum atomic E-state index is -1.48. The predicted molar refractivity (Wildman–Crippen MR) is 73.0 cm³/mol. The summed E-state index contributed by atoms with van der Waals surface area (Å²) in [6, 6.07) is 13.9. The van der Waals surface area contributed by atoms with Gasteiger partial charge >= 0.3 is 13.1 Å². The van der Waals surface area contributed by atoms with Gasteiger partial charge in [-0.2, -0.15) is 0 Å². The molecule has 0 unspecified atom stereocenters. The lowest BCUT2D eigenvalue weighted by molar-refractivity contribution is 0.0601. The van der Waals surface area contributed by atoms with E-state index in [0.717, 1.165) is 11.1 Å². The van der Waals surface area contributed by atoms with Gasteiger partial charge in [-0.05, 0) is 28.7 Å². The Labute approximate surface area is 111 Å². The fourth-order valence-corrected chi connectivity index (χ4v) is 1.79. The lowest BCUT2D eigenvalue weighted by Crippen LogP contribution is -2.29. The molecule has 2 aromatic carbocycles. The fraction of sp³-hybridized carbons (Fsp3) is 0.0714. The van der Waals surface area contributed by atoms with Crippen LogP contribution in [0.3, 0.4) is 0 Å². The summed E-state index contributed by atoms with van der Waals surface area (Å²) in [6.45, 7) is 0. The molecule has 0 aliphatic rings. The van der Waals surface area contributed by atoms with Crippen LogP contribution in [-0.2, 0) is 4.74 Å². The second kappa shape index (κ2) is 5.69. The normalized spacial score (nSPS) is 10.1. The van der Waals surface area contributed by atoms with Gasteiger partial charge in [0.2, 0.25) is 0 Å². The van der Waals surface area contributed by atoms with Crippen molar-refractivity contribution in [1.29, 1.82) is 0 Å². The van der Waals surface area contributed by atoms with Gasteiger partial charge in [0.05, 0.1) is 12.7 Å². The molecule has 2 N–H and O–H groups in total. The third-order valence-corrected chi connectivity index (χ3v) is 2.83. The van der Waals surface area contributed by atoms with Gasteiger partial charge in [-0.3, -0.25) is 0 Å². The SMILES string of the molecule is COC(=O)c1cccc(-c2ccc(B(O)O)cc2)c1. The van der Waals surface area contributed by atoms with E-state index in [-0.39, 0.29) is 5.97 Å². The molecule has 0 spiro atoms. The summed E-state index contributed by atoms with van der Waals surface area (Å²) < 4.78 is 4.67. The molecule has 0 heterocycles. The van der Waals surface area contributed by atoms with Crippen molar-refractivity contribution in [2.75, 3.05) is 7.11 Å². The molecule has 2 aromatic rings. The number of benzene rings is 2. The number of carbonyl (C=O) groups excluding carboxylic acids is 1. The van der Waals surface area contributed by atoms with Crippen LogP contribution in [0.1, 0.15) is 10.4 Å². The highest BCUT2D eigenvalue weighted by Crippen LogP contribution is 2.20. The molecule has 96 valence electrons. The van der Waals surface area contributed by atoms with Crippen LogP contribution in [-0.4, -0.2) is 30.2 Å². The molecule has 0 amide bonds. The zero-order chi connectivity index (χ0) is 13.8. The van der Waals surface area contributed by atoms with Crippen LogP contribution >= 0.6 is 0 Å². The summed E-state index contributed by atoms with van der Waals surface area (Å²) in [5.41, 5.74) is 2.65. The molecular formula is C14H13BO4. The quantitative estimate of drug-likeness (QED) is 0.630. The zero-order valence-corrected chi connectivity index (χ0v) is 10.4. The molecule has 0 aliphatic heterocycles. The zero-order valence-electron chi connectivity index (χ0n) is 10.4. The Morgan fingerprint density at radius 2 is 1.74 bits per heavy atom. The minimum Gasteiger partial charge on any atom is -0.465 e. The Kier molecular flexibility index (Phi) is 3.99. The summed E-state index contributed by atoms with van der Waals surface area (Å²) in [5, 5.41) is 18.1. The molecule has 0 saturated carbocycles. The summed E-state index contributed by atoms with van der Waals surface area (Å²) in [7, 11) is -0.137. The van der Waals surface area contributed by atoms with Gasteiger partial charge in [0.1, 0.15) is 0 Å². The molecule has 0 atom stereocenters. The second-order valence-corrected chi connectivity index (χ2v) is 4.07. The van der Waals surface area contributed by atoms with Crippen LogP contribution in [0.5, 0.6) is 0 Å². The molecular weight excluding hydrogens is 243 g/mol. The third-order valence-electron chi connectivity index (χ3n) is 2.83. The van der Waals surface area contributed by atoms with Crippen LogP contribution in [0, 0.1) is 0 Å². The van der Waals surface area contributed by atoms with Gasteiger partial charge in [-0.15, -0.1) is 0 Å². The van der Waals surface area contributed by atoms with E-state index in [0.29, 0.717) is 11.0 Å². The van der Waals surface area contributed by atoms with Crippen LogP contribution in [0.15, 0.2) is 48.5 Å². The van der Waals surface area contributed by atoms with E-state index in [1.165, 1.54) is 7.11 Å². The van der Waals surface area contributed by atoms with Crippen LogP contribution in [0.4, 0.5) is 0 Å². The van der Waals surface area contributed by atoms with E-state index < -0.39 is 7.12 Å². The Hall–Kier alpha value is -2.11. The van der Waals surface area contributed by atoms with Crippen molar-refractivity contribution in [3.8, 4) is 11.1 Å². The van der Waals surface area contributed by atoms with E-state index in [2.05, 4.69) is 4.74 Å². The van der Waals surface area contributed by atoms with Crippen molar-refractivity contribution < 1.29 is 19.6 Å². The monoisotopic (exact) mass is 256 g/mol. The minimum absolute atomic E-state index is 0.385. The molecule has 0 saturated heterocycles. The highest BCUT2D eigenvalue weighted by atomic mass is 16.5. The van der Waals surface area contributed by atoms with E-state index >= 15 is 0 Å². The van der Waals surface area contributed by atoms with Crippen LogP contribution in [0.2, 0.25) is 0 Å². The molecule has 5 heteroatoms. The topological polar surface area (TPSA) is 66.8 Å². The Balaban J connectivity index is 2.33. The van der Waals surface area contributed by atoms with Gasteiger partial charge in [-0.25, -0.2) is 4.79 Å². The van der Waals surface area contributed by atoms with Gasteiger partial charge in [0.15, 0.2) is 0 Å². The maximum atomic E-state index is 11.5. The lowest BCUT2D eigenvalue weighted by Gasteiger charge is -2.06. The Morgan fingerprint density at radius 1 is 1.05 bits per heavy atom. The molecule has 0 fully saturated rings. The van der Waals surface area contributed by atoms with E-state index in [1.807, 2.05) is 6.07 Å². The predicted octanol–water partition coefficient (Wildman–Crippen LogP) is 0.820. The number of ether oxygens (including phenoxy) is 1. The number of rotatable bonds is 3. The maximum Gasteiger partial charge on any atom is 0.488 e. The molecule has 0 bridgehead atoms. The van der Waals surface area contributed by atoms with E-state index in [1.54, 1.807) is 42.5 Å². The average Bonchev–Trinajstić information content (AvgIpc) is 2.46. The Bertz CT molecular complexity index is 578. The number of esters is 1. The first-order chi connectivity index (χ1) is 9.11. The summed E-state index contributed by atoms with van der Waals surface area (Å²) >= 11 is 0. The standard InChI is InChI=1S/C14H13BO4/c1-19-14(16)12-4-2-3-11(9-12)10-5-7-13(8-6-10)15(17)18/h2-9,17-18H,1H3. The van der Waals surface area contributed by atoms with E-state index in [9.17, 15) is 4.79 Å². The lowest BCUT2D eigenvalue weighted by atomic mass is 9.80. The van der Waals surface area contributed by atoms with Crippen molar-refractivity contribution in [3.05, 3.63) is 54.1 Å². The van der Waals surface area contributed by atoms with E-state index in [4.69, 9.17) is 10.0 Å². The van der Waals surface area contributed by atoms with Crippen molar-refractivity contribution >= 4 is 18.6 Å². The summed E-state index contributed by atoms with van der Waals surface area (Å²) in [6.07, 6.45) is 0. The van der Waals surface area contributed by atoms with Crippen molar-refractivity contribution in [1.82, 2.24) is 0 Å². The first-order valence-electron chi connectivity index (χ1n) is 5.76. The largest absolute Gasteiger partial charge is 0.488 e. The van der Waals surface area contributed by atoms with Gasteiger partial charge in [0, 0.05) is 0 Å².